The van der Waals surface area contributed by atoms with Crippen LogP contribution in [0, 0.1) is 5.82 Å². The van der Waals surface area contributed by atoms with Crippen LogP contribution < -0.4 is 5.32 Å². The second-order valence-electron chi connectivity index (χ2n) is 6.88. The fourth-order valence-electron chi connectivity index (χ4n) is 3.22. The third kappa shape index (κ3) is 3.50. The van der Waals surface area contributed by atoms with E-state index in [0.717, 1.165) is 23.2 Å². The number of halogens is 1. The van der Waals surface area contributed by atoms with E-state index >= 15 is 0 Å². The predicted octanol–water partition coefficient (Wildman–Crippen LogP) is 3.67. The summed E-state index contributed by atoms with van der Waals surface area (Å²) in [5.41, 5.74) is 3.99. The van der Waals surface area contributed by atoms with Gasteiger partial charge in [-0.2, -0.15) is 0 Å². The molecule has 144 valence electrons. The molecule has 0 bridgehead atoms. The van der Waals surface area contributed by atoms with Gasteiger partial charge in [0.05, 0.1) is 23.6 Å². The maximum atomic E-state index is 13.7. The van der Waals surface area contributed by atoms with Crippen molar-refractivity contribution in [2.75, 3.05) is 18.9 Å². The van der Waals surface area contributed by atoms with Gasteiger partial charge in [0.2, 0.25) is 0 Å². The third-order valence-electron chi connectivity index (χ3n) is 4.89. The fraction of sp³-hybridized carbons (Fsp3) is 0.300. The second-order valence-corrected chi connectivity index (χ2v) is 6.88. The zero-order valence-electron chi connectivity index (χ0n) is 16.1. The molecule has 0 aliphatic heterocycles. The second kappa shape index (κ2) is 7.47. The smallest absolute Gasteiger partial charge is 0.162 e. The molecule has 0 aliphatic carbocycles. The molecular formula is C20H22FN7. The van der Waals surface area contributed by atoms with Crippen molar-refractivity contribution in [2.45, 2.75) is 26.4 Å². The third-order valence-corrected chi connectivity index (χ3v) is 4.89. The zero-order chi connectivity index (χ0) is 19.7. The van der Waals surface area contributed by atoms with Crippen molar-refractivity contribution >= 4 is 27.9 Å². The van der Waals surface area contributed by atoms with Gasteiger partial charge in [0.15, 0.2) is 11.5 Å². The Balaban J connectivity index is 1.75. The number of nitrogens with one attached hydrogen (secondary N) is 2. The summed E-state index contributed by atoms with van der Waals surface area (Å²) in [5.74, 6) is 0.378. The topological polar surface area (TPSA) is 82.6 Å². The van der Waals surface area contributed by atoms with Crippen LogP contribution in [0.4, 0.5) is 10.2 Å². The van der Waals surface area contributed by atoms with E-state index < -0.39 is 0 Å². The lowest BCUT2D eigenvalue weighted by Gasteiger charge is -2.22. The van der Waals surface area contributed by atoms with Crippen LogP contribution in [0.2, 0.25) is 0 Å². The Morgan fingerprint density at radius 3 is 2.89 bits per heavy atom. The van der Waals surface area contributed by atoms with Crippen molar-refractivity contribution in [1.29, 1.82) is 0 Å². The number of imidazole rings is 1. The Morgan fingerprint density at radius 2 is 2.07 bits per heavy atom. The van der Waals surface area contributed by atoms with E-state index in [1.807, 2.05) is 7.05 Å². The van der Waals surface area contributed by atoms with Crippen LogP contribution in [-0.4, -0.2) is 43.4 Å². The normalized spacial score (nSPS) is 12.8. The Morgan fingerprint density at radius 1 is 1.21 bits per heavy atom. The molecule has 0 amide bonds. The molecule has 0 spiro atoms. The molecule has 1 unspecified atom stereocenters. The van der Waals surface area contributed by atoms with Crippen LogP contribution in [-0.2, 0) is 6.54 Å². The molecule has 4 rings (SSSR count). The highest BCUT2D eigenvalue weighted by Gasteiger charge is 2.17. The highest BCUT2D eigenvalue weighted by atomic mass is 19.1. The van der Waals surface area contributed by atoms with Crippen LogP contribution in [0.15, 0.2) is 36.9 Å². The minimum absolute atomic E-state index is 0.0722. The lowest BCUT2D eigenvalue weighted by molar-refractivity contribution is 0.340. The highest BCUT2D eigenvalue weighted by Crippen LogP contribution is 2.27. The van der Waals surface area contributed by atoms with Crippen molar-refractivity contribution < 1.29 is 4.39 Å². The number of rotatable bonds is 6. The maximum absolute atomic E-state index is 13.7. The van der Waals surface area contributed by atoms with Gasteiger partial charge in [0.25, 0.3) is 0 Å². The molecular weight excluding hydrogens is 357 g/mol. The van der Waals surface area contributed by atoms with Crippen LogP contribution >= 0.6 is 0 Å². The Kier molecular flexibility index (Phi) is 4.87. The van der Waals surface area contributed by atoms with Crippen molar-refractivity contribution in [1.82, 2.24) is 29.8 Å². The number of anilines is 1. The molecule has 7 nitrogen and oxygen atoms in total. The molecule has 28 heavy (non-hydrogen) atoms. The summed E-state index contributed by atoms with van der Waals surface area (Å²) < 4.78 is 13.7. The van der Waals surface area contributed by atoms with E-state index in [-0.39, 0.29) is 11.9 Å². The molecule has 0 radical (unpaired) electrons. The Bertz CT molecular complexity index is 1120. The summed E-state index contributed by atoms with van der Waals surface area (Å²) in [6, 6.07) is 6.70. The van der Waals surface area contributed by atoms with Crippen LogP contribution in [0.3, 0.4) is 0 Å². The summed E-state index contributed by atoms with van der Waals surface area (Å²) in [4.78, 5) is 22.7. The molecule has 2 N–H and O–H groups in total. The van der Waals surface area contributed by atoms with Gasteiger partial charge < -0.3 is 15.2 Å². The fourth-order valence-corrected chi connectivity index (χ4v) is 3.22. The quantitative estimate of drug-likeness (QED) is 0.532. The first-order valence-corrected chi connectivity index (χ1v) is 9.23. The molecule has 0 saturated carbocycles. The van der Waals surface area contributed by atoms with E-state index in [1.165, 1.54) is 18.5 Å². The molecule has 3 aromatic heterocycles. The number of H-pyrrole nitrogens is 1. The van der Waals surface area contributed by atoms with E-state index in [2.05, 4.69) is 50.1 Å². The first-order chi connectivity index (χ1) is 13.5. The molecule has 1 aromatic carbocycles. The summed E-state index contributed by atoms with van der Waals surface area (Å²) in [5, 5.41) is 4.33. The molecule has 0 aliphatic rings. The summed E-state index contributed by atoms with van der Waals surface area (Å²) in [6.07, 6.45) is 3.10. The zero-order valence-corrected chi connectivity index (χ0v) is 16.1. The highest BCUT2D eigenvalue weighted by molar-refractivity contribution is 5.83. The predicted molar refractivity (Wildman–Crippen MR) is 107 cm³/mol. The van der Waals surface area contributed by atoms with Gasteiger partial charge >= 0.3 is 0 Å². The van der Waals surface area contributed by atoms with E-state index in [1.54, 1.807) is 12.4 Å². The van der Waals surface area contributed by atoms with Gasteiger partial charge in [-0.3, -0.25) is 4.98 Å². The average Bonchev–Trinajstić information content (AvgIpc) is 3.17. The van der Waals surface area contributed by atoms with Crippen molar-refractivity contribution in [2.24, 2.45) is 0 Å². The van der Waals surface area contributed by atoms with Crippen molar-refractivity contribution in [3.05, 3.63) is 54.0 Å². The SMILES string of the molecule is CCN(C)Cc1nc2cc(F)ccc2cc1C(C)Nc1ncnc2[nH]cnc12. The monoisotopic (exact) mass is 379 g/mol. The standard InChI is InChI=1S/C20H22FN7/c1-4-28(3)9-17-15(7-13-5-6-14(21)8-16(13)27-17)12(2)26-20-18-19(23-10-22-18)24-11-25-20/h5-8,10-12H,4,9H2,1-3H3,(H2,22,23,24,25,26). The molecule has 0 fully saturated rings. The lowest BCUT2D eigenvalue weighted by Crippen LogP contribution is -2.21. The maximum Gasteiger partial charge on any atom is 0.162 e. The summed E-state index contributed by atoms with van der Waals surface area (Å²) >= 11 is 0. The lowest BCUT2D eigenvalue weighted by atomic mass is 10.0. The minimum Gasteiger partial charge on any atom is -0.362 e. The van der Waals surface area contributed by atoms with Gasteiger partial charge in [-0.05, 0) is 44.3 Å². The number of fused-ring (bicyclic) bond motifs is 2. The molecule has 0 saturated heterocycles. The van der Waals surface area contributed by atoms with Crippen molar-refractivity contribution in [3.63, 3.8) is 0 Å². The van der Waals surface area contributed by atoms with E-state index in [4.69, 9.17) is 4.98 Å². The van der Waals surface area contributed by atoms with E-state index in [9.17, 15) is 4.39 Å². The number of pyridine rings is 1. The largest absolute Gasteiger partial charge is 0.362 e. The van der Waals surface area contributed by atoms with E-state index in [0.29, 0.717) is 29.0 Å². The number of aromatic nitrogens is 5. The number of hydrogen-bond acceptors (Lipinski definition) is 6. The van der Waals surface area contributed by atoms with Gasteiger partial charge in [0.1, 0.15) is 17.7 Å². The molecule has 4 aromatic rings. The average molecular weight is 379 g/mol. The molecule has 3 heterocycles. The van der Waals surface area contributed by atoms with Crippen molar-refractivity contribution in [3.8, 4) is 0 Å². The van der Waals surface area contributed by atoms with Gasteiger partial charge in [-0.25, -0.2) is 19.3 Å². The summed E-state index contributed by atoms with van der Waals surface area (Å²) in [6.45, 7) is 5.72. The van der Waals surface area contributed by atoms with Gasteiger partial charge in [-0.15, -0.1) is 0 Å². The molecule has 8 heteroatoms. The number of hydrogen-bond donors (Lipinski definition) is 2. The Labute approximate surface area is 162 Å². The van der Waals surface area contributed by atoms with Gasteiger partial charge in [0, 0.05) is 18.0 Å². The Hall–Kier alpha value is -3.13. The molecule has 1 atom stereocenters. The number of benzene rings is 1. The summed E-state index contributed by atoms with van der Waals surface area (Å²) in [7, 11) is 2.04. The first kappa shape index (κ1) is 18.2. The first-order valence-electron chi connectivity index (χ1n) is 9.23. The van der Waals surface area contributed by atoms with Crippen LogP contribution in [0.25, 0.3) is 22.1 Å². The van der Waals surface area contributed by atoms with Crippen LogP contribution in [0.5, 0.6) is 0 Å². The number of nitrogens with zero attached hydrogens (tertiary/aromatic N) is 5. The minimum atomic E-state index is -0.282. The van der Waals surface area contributed by atoms with Gasteiger partial charge in [-0.1, -0.05) is 6.92 Å². The number of aromatic amines is 1. The van der Waals surface area contributed by atoms with Crippen LogP contribution in [0.1, 0.15) is 31.1 Å².